The van der Waals surface area contributed by atoms with Crippen LogP contribution in [0.5, 0.6) is 0 Å². The number of carbonyl (C=O) groups is 1. The summed E-state index contributed by atoms with van der Waals surface area (Å²) in [5, 5.41) is 11.1. The molecular weight excluding hydrogens is 431 g/mol. The number of anilines is 1. The molecule has 0 spiro atoms. The standard InChI is InChI=1S/C19H16BrFN4OS/c1-2-10-25-18(19(26)22-15-5-3-4-13(20)11-15)17(23-24-25)12-27-16-8-6-14(21)7-9-16/h2-9,11H,1,10,12H2,(H,22,26). The number of benzene rings is 2. The Hall–Kier alpha value is -2.45. The van der Waals surface area contributed by atoms with E-state index in [1.54, 1.807) is 24.3 Å². The Balaban J connectivity index is 1.81. The molecular formula is C19H16BrFN4OS. The van der Waals surface area contributed by atoms with Crippen LogP contribution in [0.25, 0.3) is 0 Å². The molecule has 0 aliphatic rings. The van der Waals surface area contributed by atoms with Crippen LogP contribution in [0.2, 0.25) is 0 Å². The molecule has 0 unspecified atom stereocenters. The zero-order chi connectivity index (χ0) is 19.2. The monoisotopic (exact) mass is 446 g/mol. The second kappa shape index (κ2) is 8.96. The van der Waals surface area contributed by atoms with Crippen molar-refractivity contribution in [3.05, 3.63) is 82.9 Å². The minimum absolute atomic E-state index is 0.287. The van der Waals surface area contributed by atoms with Crippen LogP contribution in [0.4, 0.5) is 10.1 Å². The number of hydrogen-bond donors (Lipinski definition) is 1. The van der Waals surface area contributed by atoms with Gasteiger partial charge in [0.15, 0.2) is 5.69 Å². The van der Waals surface area contributed by atoms with Gasteiger partial charge in [0.05, 0.1) is 6.54 Å². The first-order valence-corrected chi connectivity index (χ1v) is 9.83. The van der Waals surface area contributed by atoms with Crippen molar-refractivity contribution in [1.82, 2.24) is 15.0 Å². The lowest BCUT2D eigenvalue weighted by Crippen LogP contribution is -2.19. The fraction of sp³-hybridized carbons (Fsp3) is 0.105. The fourth-order valence-electron chi connectivity index (χ4n) is 2.38. The van der Waals surface area contributed by atoms with Gasteiger partial charge in [0.1, 0.15) is 11.5 Å². The third-order valence-electron chi connectivity index (χ3n) is 3.59. The van der Waals surface area contributed by atoms with Gasteiger partial charge < -0.3 is 5.32 Å². The molecule has 3 rings (SSSR count). The van der Waals surface area contributed by atoms with Crippen LogP contribution in [-0.2, 0) is 12.3 Å². The first kappa shape index (κ1) is 19.3. The third-order valence-corrected chi connectivity index (χ3v) is 5.11. The minimum atomic E-state index is -0.297. The fourth-order valence-corrected chi connectivity index (χ4v) is 3.61. The van der Waals surface area contributed by atoms with Gasteiger partial charge in [0.25, 0.3) is 5.91 Å². The molecule has 0 bridgehead atoms. The van der Waals surface area contributed by atoms with E-state index in [0.717, 1.165) is 9.37 Å². The van der Waals surface area contributed by atoms with Crippen LogP contribution >= 0.6 is 27.7 Å². The maximum Gasteiger partial charge on any atom is 0.275 e. The number of carbonyl (C=O) groups excluding carboxylic acids is 1. The van der Waals surface area contributed by atoms with E-state index in [1.165, 1.54) is 28.6 Å². The summed E-state index contributed by atoms with van der Waals surface area (Å²) >= 11 is 4.84. The van der Waals surface area contributed by atoms with E-state index in [-0.39, 0.29) is 11.7 Å². The maximum atomic E-state index is 13.0. The molecule has 0 aliphatic carbocycles. The lowest BCUT2D eigenvalue weighted by atomic mass is 10.2. The van der Waals surface area contributed by atoms with Crippen LogP contribution in [0, 0.1) is 5.82 Å². The van der Waals surface area contributed by atoms with Gasteiger partial charge in [-0.05, 0) is 42.5 Å². The van der Waals surface area contributed by atoms with Crippen LogP contribution in [0.1, 0.15) is 16.2 Å². The van der Waals surface area contributed by atoms with E-state index in [4.69, 9.17) is 0 Å². The summed E-state index contributed by atoms with van der Waals surface area (Å²) < 4.78 is 15.4. The lowest BCUT2D eigenvalue weighted by molar-refractivity contribution is 0.101. The van der Waals surface area contributed by atoms with Crippen molar-refractivity contribution < 1.29 is 9.18 Å². The quantitative estimate of drug-likeness (QED) is 0.413. The van der Waals surface area contributed by atoms with Crippen molar-refractivity contribution in [3.8, 4) is 0 Å². The number of nitrogens with one attached hydrogen (secondary N) is 1. The Morgan fingerprint density at radius 3 is 2.78 bits per heavy atom. The molecule has 138 valence electrons. The van der Waals surface area contributed by atoms with Gasteiger partial charge in [-0.3, -0.25) is 4.79 Å². The van der Waals surface area contributed by atoms with Crippen molar-refractivity contribution >= 4 is 39.3 Å². The number of hydrogen-bond acceptors (Lipinski definition) is 4. The molecule has 1 amide bonds. The summed E-state index contributed by atoms with van der Waals surface area (Å²) in [7, 11) is 0. The van der Waals surface area contributed by atoms with Crippen molar-refractivity contribution in [1.29, 1.82) is 0 Å². The van der Waals surface area contributed by atoms with Crippen molar-refractivity contribution in [2.75, 3.05) is 5.32 Å². The number of aromatic nitrogens is 3. The summed E-state index contributed by atoms with van der Waals surface area (Å²) in [6, 6.07) is 13.5. The maximum absolute atomic E-state index is 13.0. The van der Waals surface area contributed by atoms with Gasteiger partial charge in [-0.1, -0.05) is 33.3 Å². The van der Waals surface area contributed by atoms with Gasteiger partial charge in [-0.15, -0.1) is 23.4 Å². The van der Waals surface area contributed by atoms with Crippen molar-refractivity contribution in [2.24, 2.45) is 0 Å². The highest BCUT2D eigenvalue weighted by Crippen LogP contribution is 2.24. The molecule has 27 heavy (non-hydrogen) atoms. The summed E-state index contributed by atoms with van der Waals surface area (Å²) in [6.45, 7) is 4.07. The van der Waals surface area contributed by atoms with E-state index in [2.05, 4.69) is 38.1 Å². The van der Waals surface area contributed by atoms with Crippen LogP contribution in [0.3, 0.4) is 0 Å². The number of nitrogens with zero attached hydrogens (tertiary/aromatic N) is 3. The molecule has 0 fully saturated rings. The van der Waals surface area contributed by atoms with Gasteiger partial charge >= 0.3 is 0 Å². The lowest BCUT2D eigenvalue weighted by Gasteiger charge is -2.08. The number of allylic oxidation sites excluding steroid dienone is 1. The number of rotatable bonds is 7. The van der Waals surface area contributed by atoms with Gasteiger partial charge in [0.2, 0.25) is 0 Å². The summed E-state index contributed by atoms with van der Waals surface area (Å²) in [5.74, 6) is -0.149. The Morgan fingerprint density at radius 1 is 1.30 bits per heavy atom. The van der Waals surface area contributed by atoms with Crippen molar-refractivity contribution in [2.45, 2.75) is 17.2 Å². The Kier molecular flexibility index (Phi) is 6.41. The minimum Gasteiger partial charge on any atom is -0.321 e. The molecule has 2 aromatic carbocycles. The first-order valence-electron chi connectivity index (χ1n) is 8.05. The SMILES string of the molecule is C=CCn1nnc(CSc2ccc(F)cc2)c1C(=O)Nc1cccc(Br)c1. The molecule has 0 atom stereocenters. The molecule has 0 radical (unpaired) electrons. The molecule has 8 heteroatoms. The normalized spacial score (nSPS) is 10.6. The molecule has 3 aromatic rings. The molecule has 1 N–H and O–H groups in total. The Morgan fingerprint density at radius 2 is 2.07 bits per heavy atom. The van der Waals surface area contributed by atoms with Crippen LogP contribution in [0.15, 0.2) is 70.6 Å². The predicted molar refractivity (Wildman–Crippen MR) is 108 cm³/mol. The van der Waals surface area contributed by atoms with Crippen LogP contribution in [-0.4, -0.2) is 20.9 Å². The number of amides is 1. The average molecular weight is 447 g/mol. The highest BCUT2D eigenvalue weighted by molar-refractivity contribution is 9.10. The highest BCUT2D eigenvalue weighted by Gasteiger charge is 2.20. The van der Waals surface area contributed by atoms with Crippen LogP contribution < -0.4 is 5.32 Å². The highest BCUT2D eigenvalue weighted by atomic mass is 79.9. The van der Waals surface area contributed by atoms with Gasteiger partial charge in [0, 0.05) is 20.8 Å². The zero-order valence-electron chi connectivity index (χ0n) is 14.2. The second-order valence-electron chi connectivity index (χ2n) is 5.56. The predicted octanol–water partition coefficient (Wildman–Crippen LogP) is 4.91. The molecule has 0 saturated carbocycles. The summed E-state index contributed by atoms with van der Waals surface area (Å²) in [5.41, 5.74) is 1.60. The summed E-state index contributed by atoms with van der Waals surface area (Å²) in [6.07, 6.45) is 1.65. The number of halogens is 2. The average Bonchev–Trinajstić information content (AvgIpc) is 3.04. The number of thioether (sulfide) groups is 1. The molecule has 0 aliphatic heterocycles. The van der Waals surface area contributed by atoms with Crippen molar-refractivity contribution in [3.63, 3.8) is 0 Å². The van der Waals surface area contributed by atoms with E-state index in [9.17, 15) is 9.18 Å². The Labute approximate surface area is 168 Å². The van der Waals surface area contributed by atoms with Gasteiger partial charge in [-0.2, -0.15) is 0 Å². The summed E-state index contributed by atoms with van der Waals surface area (Å²) in [4.78, 5) is 13.7. The van der Waals surface area contributed by atoms with E-state index in [0.29, 0.717) is 29.4 Å². The topological polar surface area (TPSA) is 59.8 Å². The largest absolute Gasteiger partial charge is 0.321 e. The molecule has 1 heterocycles. The van der Waals surface area contributed by atoms with E-state index < -0.39 is 0 Å². The van der Waals surface area contributed by atoms with E-state index in [1.807, 2.05) is 18.2 Å². The third kappa shape index (κ3) is 5.05. The van der Waals surface area contributed by atoms with E-state index >= 15 is 0 Å². The second-order valence-corrected chi connectivity index (χ2v) is 7.53. The molecule has 0 saturated heterocycles. The van der Waals surface area contributed by atoms with Gasteiger partial charge in [-0.25, -0.2) is 9.07 Å². The molecule has 1 aromatic heterocycles. The molecule has 5 nitrogen and oxygen atoms in total. The zero-order valence-corrected chi connectivity index (χ0v) is 16.6. The smallest absolute Gasteiger partial charge is 0.275 e. The first-order chi connectivity index (χ1) is 13.1. The Bertz CT molecular complexity index is 959.